The van der Waals surface area contributed by atoms with Crippen molar-refractivity contribution in [1.82, 2.24) is 4.98 Å². The third kappa shape index (κ3) is 2.37. The van der Waals surface area contributed by atoms with E-state index >= 15 is 0 Å². The summed E-state index contributed by atoms with van der Waals surface area (Å²) >= 11 is 6.50. The Balaban J connectivity index is 0.000000980. The van der Waals surface area contributed by atoms with Crippen LogP contribution in [0, 0.1) is 6.92 Å². The standard InChI is InChI=1S/C10H9NS2.Li/c1-7-4-2-3-5-8(7)9-6-13-10(12)11-9;/h2-6H,1H3,(H,11,12);/q;+1/p-1. The molecule has 66 valence electrons. The van der Waals surface area contributed by atoms with Gasteiger partial charge in [0, 0.05) is 5.56 Å². The third-order valence-corrected chi connectivity index (χ3v) is 2.92. The number of hydrogen-bond donors (Lipinski definition) is 0. The monoisotopic (exact) mass is 213 g/mol. The van der Waals surface area contributed by atoms with E-state index in [-0.39, 0.29) is 18.9 Å². The van der Waals surface area contributed by atoms with Crippen LogP contribution in [0.4, 0.5) is 0 Å². The molecule has 0 aliphatic carbocycles. The molecule has 0 amide bonds. The molecule has 0 aliphatic rings. The van der Waals surface area contributed by atoms with Crippen LogP contribution in [0.2, 0.25) is 0 Å². The summed E-state index contributed by atoms with van der Waals surface area (Å²) in [6, 6.07) is 8.20. The molecule has 14 heavy (non-hydrogen) atoms. The zero-order valence-corrected chi connectivity index (χ0v) is 9.78. The third-order valence-electron chi connectivity index (χ3n) is 1.90. The summed E-state index contributed by atoms with van der Waals surface area (Å²) in [4.78, 5) is 4.28. The predicted octanol–water partition coefficient (Wildman–Crippen LogP) is 0.0283. The quantitative estimate of drug-likeness (QED) is 0.489. The van der Waals surface area contributed by atoms with Crippen LogP contribution in [0.25, 0.3) is 11.3 Å². The van der Waals surface area contributed by atoms with Gasteiger partial charge in [-0.15, -0.1) is 0 Å². The van der Waals surface area contributed by atoms with E-state index in [9.17, 15) is 0 Å². The van der Waals surface area contributed by atoms with E-state index in [1.807, 2.05) is 17.5 Å². The minimum atomic E-state index is 0. The zero-order chi connectivity index (χ0) is 9.26. The summed E-state index contributed by atoms with van der Waals surface area (Å²) in [5.41, 5.74) is 3.41. The van der Waals surface area contributed by atoms with Crippen molar-refractivity contribution in [3.05, 3.63) is 35.2 Å². The molecule has 0 N–H and O–H groups in total. The van der Waals surface area contributed by atoms with Crippen LogP contribution in [-0.2, 0) is 12.6 Å². The van der Waals surface area contributed by atoms with Crippen LogP contribution in [0.3, 0.4) is 0 Å². The molecule has 0 unspecified atom stereocenters. The summed E-state index contributed by atoms with van der Waals surface area (Å²) in [7, 11) is 0. The van der Waals surface area contributed by atoms with Crippen molar-refractivity contribution in [2.24, 2.45) is 0 Å². The number of rotatable bonds is 1. The number of hydrogen-bond acceptors (Lipinski definition) is 3. The summed E-state index contributed by atoms with van der Waals surface area (Å²) in [5.74, 6) is 0. The Kier molecular flexibility index (Phi) is 4.15. The molecule has 4 heteroatoms. The molecular weight excluding hydrogens is 205 g/mol. The summed E-state index contributed by atoms with van der Waals surface area (Å²) in [6.07, 6.45) is 0. The van der Waals surface area contributed by atoms with Gasteiger partial charge in [0.1, 0.15) is 0 Å². The first-order chi connectivity index (χ1) is 6.27. The van der Waals surface area contributed by atoms with E-state index in [1.165, 1.54) is 22.5 Å². The van der Waals surface area contributed by atoms with E-state index in [2.05, 4.69) is 24.0 Å². The van der Waals surface area contributed by atoms with Crippen molar-refractivity contribution in [2.75, 3.05) is 0 Å². The molecule has 1 aromatic carbocycles. The average Bonchev–Trinajstić information content (AvgIpc) is 2.53. The van der Waals surface area contributed by atoms with Gasteiger partial charge in [0.05, 0.1) is 5.69 Å². The first-order valence-electron chi connectivity index (χ1n) is 3.96. The Morgan fingerprint density at radius 3 is 2.57 bits per heavy atom. The molecule has 0 aliphatic heterocycles. The molecule has 0 fully saturated rings. The van der Waals surface area contributed by atoms with Crippen LogP contribution in [0.15, 0.2) is 34.0 Å². The molecule has 0 atom stereocenters. The molecular formula is C10H8LiNS2. The first-order valence-corrected chi connectivity index (χ1v) is 5.25. The topological polar surface area (TPSA) is 12.9 Å². The number of nitrogens with zero attached hydrogens (tertiary/aromatic N) is 1. The van der Waals surface area contributed by atoms with Gasteiger partial charge in [0.15, 0.2) is 0 Å². The maximum Gasteiger partial charge on any atom is 1.00 e. The van der Waals surface area contributed by atoms with Gasteiger partial charge >= 0.3 is 18.9 Å². The summed E-state index contributed by atoms with van der Waals surface area (Å²) < 4.78 is 0.707. The maximum atomic E-state index is 4.98. The molecule has 0 spiro atoms. The van der Waals surface area contributed by atoms with Crippen LogP contribution in [0.5, 0.6) is 0 Å². The fourth-order valence-electron chi connectivity index (χ4n) is 1.24. The number of thiazole rings is 1. The minimum absolute atomic E-state index is 0. The fourth-order valence-corrected chi connectivity index (χ4v) is 2.03. The van der Waals surface area contributed by atoms with Gasteiger partial charge in [0.2, 0.25) is 0 Å². The second-order valence-electron chi connectivity index (χ2n) is 2.81. The minimum Gasteiger partial charge on any atom is -0.408 e. The van der Waals surface area contributed by atoms with Gasteiger partial charge in [-0.1, -0.05) is 29.6 Å². The largest absolute Gasteiger partial charge is 1.00 e. The molecule has 1 aromatic heterocycles. The van der Waals surface area contributed by atoms with Crippen molar-refractivity contribution in [3.63, 3.8) is 0 Å². The maximum absolute atomic E-state index is 4.98. The van der Waals surface area contributed by atoms with Crippen molar-refractivity contribution >= 4 is 24.0 Å². The van der Waals surface area contributed by atoms with Gasteiger partial charge in [-0.3, -0.25) is 4.98 Å². The SMILES string of the molecule is Cc1ccccc1-c1csc([S-])n1.[Li+]. The second-order valence-corrected chi connectivity index (χ2v) is 4.32. The van der Waals surface area contributed by atoms with Gasteiger partial charge in [-0.05, 0) is 16.8 Å². The second kappa shape index (κ2) is 4.95. The number of aromatic nitrogens is 1. The Morgan fingerprint density at radius 1 is 1.29 bits per heavy atom. The van der Waals surface area contributed by atoms with Gasteiger partial charge < -0.3 is 24.0 Å². The van der Waals surface area contributed by atoms with E-state index in [4.69, 9.17) is 12.6 Å². The van der Waals surface area contributed by atoms with Crippen LogP contribution in [0.1, 0.15) is 5.56 Å². The Bertz CT molecular complexity index is 426. The van der Waals surface area contributed by atoms with Crippen molar-refractivity contribution in [1.29, 1.82) is 0 Å². The molecule has 0 saturated carbocycles. The van der Waals surface area contributed by atoms with E-state index < -0.39 is 0 Å². The Hall–Kier alpha value is -0.333. The van der Waals surface area contributed by atoms with Crippen molar-refractivity contribution < 1.29 is 18.9 Å². The fraction of sp³-hybridized carbons (Fsp3) is 0.100. The molecule has 0 saturated heterocycles. The normalized spacial score (nSPS) is 9.50. The van der Waals surface area contributed by atoms with Gasteiger partial charge in [-0.2, -0.15) is 0 Å². The smallest absolute Gasteiger partial charge is 0.408 e. The number of aryl methyl sites for hydroxylation is 1. The Labute approximate surface area is 105 Å². The molecule has 1 nitrogen and oxygen atoms in total. The summed E-state index contributed by atoms with van der Waals surface area (Å²) in [5, 5.41) is 2.00. The molecule has 2 aromatic rings. The number of benzene rings is 1. The summed E-state index contributed by atoms with van der Waals surface area (Å²) in [6.45, 7) is 2.08. The van der Waals surface area contributed by atoms with Crippen LogP contribution < -0.4 is 18.9 Å². The Morgan fingerprint density at radius 2 is 2.00 bits per heavy atom. The van der Waals surface area contributed by atoms with Crippen LogP contribution in [-0.4, -0.2) is 4.98 Å². The molecule has 0 radical (unpaired) electrons. The molecule has 2 rings (SSSR count). The molecule has 1 heterocycles. The molecule has 0 bridgehead atoms. The van der Waals surface area contributed by atoms with E-state index in [0.29, 0.717) is 4.34 Å². The van der Waals surface area contributed by atoms with E-state index in [0.717, 1.165) is 5.69 Å². The van der Waals surface area contributed by atoms with Crippen molar-refractivity contribution in [3.8, 4) is 11.3 Å². The average molecular weight is 213 g/mol. The van der Waals surface area contributed by atoms with Gasteiger partial charge in [-0.25, -0.2) is 0 Å². The van der Waals surface area contributed by atoms with Crippen molar-refractivity contribution in [2.45, 2.75) is 11.3 Å². The predicted molar refractivity (Wildman–Crippen MR) is 57.9 cm³/mol. The van der Waals surface area contributed by atoms with Gasteiger partial charge in [0.25, 0.3) is 0 Å². The zero-order valence-electron chi connectivity index (χ0n) is 8.15. The van der Waals surface area contributed by atoms with E-state index in [1.54, 1.807) is 0 Å². The van der Waals surface area contributed by atoms with Crippen LogP contribution >= 0.6 is 11.3 Å². The first kappa shape index (κ1) is 11.7.